The highest BCUT2D eigenvalue weighted by Gasteiger charge is 2.30. The number of carbonyl (C=O) groups is 3. The van der Waals surface area contributed by atoms with E-state index in [0.717, 1.165) is 21.1 Å². The Morgan fingerprint density at radius 2 is 1.93 bits per heavy atom. The lowest BCUT2D eigenvalue weighted by atomic mass is 10.0. The van der Waals surface area contributed by atoms with Gasteiger partial charge < -0.3 is 15.0 Å². The fourth-order valence-corrected chi connectivity index (χ4v) is 5.13. The summed E-state index contributed by atoms with van der Waals surface area (Å²) in [6, 6.07) is 7.39. The summed E-state index contributed by atoms with van der Waals surface area (Å²) < 4.78 is 5.23. The molecule has 6 nitrogen and oxygen atoms in total. The number of amides is 2. The largest absolute Gasteiger partial charge is 0.462 e. The number of hydrogen-bond donors (Lipinski definition) is 1. The molecule has 0 radical (unpaired) electrons. The SMILES string of the molecule is CCOC(=O)c1c(NC(=O)c2ccc(SCC)cc2)sc2c1CCN(C(C)=O)C2. The van der Waals surface area contributed by atoms with Gasteiger partial charge in [-0.25, -0.2) is 4.79 Å². The number of fused-ring (bicyclic) bond motifs is 1. The first-order chi connectivity index (χ1) is 13.9. The Bertz CT molecular complexity index is 922. The summed E-state index contributed by atoms with van der Waals surface area (Å²) in [6.45, 7) is 6.62. The van der Waals surface area contributed by atoms with Crippen molar-refractivity contribution >= 4 is 45.9 Å². The first-order valence-corrected chi connectivity index (χ1v) is 11.4. The molecule has 29 heavy (non-hydrogen) atoms. The summed E-state index contributed by atoms with van der Waals surface area (Å²) in [7, 11) is 0. The van der Waals surface area contributed by atoms with Crippen LogP contribution in [-0.4, -0.2) is 41.6 Å². The zero-order valence-corrected chi connectivity index (χ0v) is 18.4. The highest BCUT2D eigenvalue weighted by molar-refractivity contribution is 7.99. The van der Waals surface area contributed by atoms with Crippen LogP contribution in [0.2, 0.25) is 0 Å². The van der Waals surface area contributed by atoms with Crippen molar-refractivity contribution < 1.29 is 19.1 Å². The summed E-state index contributed by atoms with van der Waals surface area (Å²) in [5.74, 6) is 0.251. The quantitative estimate of drug-likeness (QED) is 0.547. The molecule has 0 saturated heterocycles. The topological polar surface area (TPSA) is 75.7 Å². The zero-order valence-electron chi connectivity index (χ0n) is 16.7. The van der Waals surface area contributed by atoms with E-state index < -0.39 is 5.97 Å². The van der Waals surface area contributed by atoms with Crippen molar-refractivity contribution in [1.82, 2.24) is 4.90 Å². The first-order valence-electron chi connectivity index (χ1n) is 9.55. The molecule has 8 heteroatoms. The molecule has 1 aromatic carbocycles. The molecule has 1 aliphatic rings. The van der Waals surface area contributed by atoms with Crippen LogP contribution >= 0.6 is 23.1 Å². The second-order valence-electron chi connectivity index (χ2n) is 6.53. The van der Waals surface area contributed by atoms with Gasteiger partial charge in [-0.05, 0) is 48.9 Å². The van der Waals surface area contributed by atoms with E-state index in [9.17, 15) is 14.4 Å². The average Bonchev–Trinajstić information content (AvgIpc) is 3.05. The van der Waals surface area contributed by atoms with Crippen molar-refractivity contribution in [2.75, 3.05) is 24.2 Å². The molecule has 0 unspecified atom stereocenters. The van der Waals surface area contributed by atoms with Crippen LogP contribution in [0.15, 0.2) is 29.2 Å². The van der Waals surface area contributed by atoms with Gasteiger partial charge in [-0.15, -0.1) is 23.1 Å². The summed E-state index contributed by atoms with van der Waals surface area (Å²) in [4.78, 5) is 40.9. The van der Waals surface area contributed by atoms with Crippen molar-refractivity contribution in [2.45, 2.75) is 38.6 Å². The minimum Gasteiger partial charge on any atom is -0.462 e. The van der Waals surface area contributed by atoms with Crippen molar-refractivity contribution in [1.29, 1.82) is 0 Å². The van der Waals surface area contributed by atoms with Crippen LogP contribution in [0.3, 0.4) is 0 Å². The molecule has 1 aliphatic heterocycles. The lowest BCUT2D eigenvalue weighted by Crippen LogP contribution is -2.34. The van der Waals surface area contributed by atoms with Crippen molar-refractivity contribution in [3.8, 4) is 0 Å². The predicted octanol–water partition coefficient (Wildman–Crippen LogP) is 4.19. The van der Waals surface area contributed by atoms with Gasteiger partial charge in [-0.3, -0.25) is 9.59 Å². The van der Waals surface area contributed by atoms with Crippen LogP contribution in [0.5, 0.6) is 0 Å². The van der Waals surface area contributed by atoms with E-state index in [0.29, 0.717) is 35.6 Å². The van der Waals surface area contributed by atoms with Crippen molar-refractivity contribution in [3.63, 3.8) is 0 Å². The third-order valence-electron chi connectivity index (χ3n) is 4.64. The third kappa shape index (κ3) is 4.82. The van der Waals surface area contributed by atoms with Gasteiger partial charge in [0.1, 0.15) is 5.00 Å². The van der Waals surface area contributed by atoms with E-state index in [-0.39, 0.29) is 18.4 Å². The molecular formula is C21H24N2O4S2. The number of thioether (sulfide) groups is 1. The monoisotopic (exact) mass is 432 g/mol. The summed E-state index contributed by atoms with van der Waals surface area (Å²) in [6.07, 6.45) is 0.568. The third-order valence-corrected chi connectivity index (χ3v) is 6.66. The predicted molar refractivity (Wildman–Crippen MR) is 116 cm³/mol. The molecular weight excluding hydrogens is 408 g/mol. The van der Waals surface area contributed by atoms with Gasteiger partial charge in [0.15, 0.2) is 0 Å². The summed E-state index contributed by atoms with van der Waals surface area (Å²) in [5.41, 5.74) is 1.81. The molecule has 0 aliphatic carbocycles. The second kappa shape index (κ2) is 9.45. The number of carbonyl (C=O) groups excluding carboxylic acids is 3. The second-order valence-corrected chi connectivity index (χ2v) is 8.97. The normalized spacial score (nSPS) is 13.0. The van der Waals surface area contributed by atoms with Crippen LogP contribution in [0.4, 0.5) is 5.00 Å². The maximum atomic E-state index is 12.8. The Morgan fingerprint density at radius 1 is 1.21 bits per heavy atom. The number of hydrogen-bond acceptors (Lipinski definition) is 6. The summed E-state index contributed by atoms with van der Waals surface area (Å²) >= 11 is 3.05. The molecule has 0 fully saturated rings. The zero-order chi connectivity index (χ0) is 21.0. The average molecular weight is 433 g/mol. The highest BCUT2D eigenvalue weighted by Crippen LogP contribution is 2.38. The molecule has 154 valence electrons. The smallest absolute Gasteiger partial charge is 0.341 e. The number of nitrogens with one attached hydrogen (secondary N) is 1. The number of ether oxygens (including phenoxy) is 1. The maximum Gasteiger partial charge on any atom is 0.341 e. The van der Waals surface area contributed by atoms with Gasteiger partial charge in [-0.2, -0.15) is 0 Å². The van der Waals surface area contributed by atoms with E-state index in [1.165, 1.54) is 18.3 Å². The Hall–Kier alpha value is -2.32. The molecule has 0 bridgehead atoms. The molecule has 1 N–H and O–H groups in total. The Labute approximate surface area is 178 Å². The Morgan fingerprint density at radius 3 is 2.55 bits per heavy atom. The van der Waals surface area contributed by atoms with Gasteiger partial charge >= 0.3 is 5.97 Å². The number of thiophene rings is 1. The standard InChI is InChI=1S/C21H24N2O4S2/c1-4-27-21(26)18-16-10-11-23(13(3)24)12-17(16)29-20(18)22-19(25)14-6-8-15(9-7-14)28-5-2/h6-9H,4-5,10-12H2,1-3H3,(H,22,25). The van der Waals surface area contributed by atoms with Gasteiger partial charge in [0.25, 0.3) is 5.91 Å². The molecule has 0 saturated carbocycles. The molecule has 2 amide bonds. The summed E-state index contributed by atoms with van der Waals surface area (Å²) in [5, 5.41) is 3.37. The van der Waals surface area contributed by atoms with Crippen LogP contribution in [0, 0.1) is 0 Å². The number of nitrogens with zero attached hydrogens (tertiary/aromatic N) is 1. The van der Waals surface area contributed by atoms with Gasteiger partial charge in [0.2, 0.25) is 5.91 Å². The minimum absolute atomic E-state index is 0.00245. The van der Waals surface area contributed by atoms with Crippen LogP contribution in [0.25, 0.3) is 0 Å². The van der Waals surface area contributed by atoms with E-state index in [2.05, 4.69) is 12.2 Å². The van der Waals surface area contributed by atoms with E-state index >= 15 is 0 Å². The fourth-order valence-electron chi connectivity index (χ4n) is 3.22. The van der Waals surface area contributed by atoms with Crippen molar-refractivity contribution in [3.05, 3.63) is 45.8 Å². The Balaban J connectivity index is 1.88. The van der Waals surface area contributed by atoms with Gasteiger partial charge in [-0.1, -0.05) is 6.92 Å². The number of anilines is 1. The minimum atomic E-state index is -0.439. The molecule has 3 rings (SSSR count). The first kappa shape index (κ1) is 21.4. The van der Waals surface area contributed by atoms with Gasteiger partial charge in [0.05, 0.1) is 18.7 Å². The fraction of sp³-hybridized carbons (Fsp3) is 0.381. The molecule has 2 heterocycles. The van der Waals surface area contributed by atoms with Crippen molar-refractivity contribution in [2.24, 2.45) is 0 Å². The van der Waals surface area contributed by atoms with E-state index in [4.69, 9.17) is 4.74 Å². The highest BCUT2D eigenvalue weighted by atomic mass is 32.2. The lowest BCUT2D eigenvalue weighted by molar-refractivity contribution is -0.129. The van der Waals surface area contributed by atoms with Crippen LogP contribution < -0.4 is 5.32 Å². The number of esters is 1. The van der Waals surface area contributed by atoms with Crippen LogP contribution in [0.1, 0.15) is 51.9 Å². The van der Waals surface area contributed by atoms with Gasteiger partial charge in [0, 0.05) is 28.8 Å². The molecule has 0 spiro atoms. The lowest BCUT2D eigenvalue weighted by Gasteiger charge is -2.25. The Kier molecular flexibility index (Phi) is 6.97. The number of benzene rings is 1. The van der Waals surface area contributed by atoms with E-state index in [1.807, 2.05) is 12.1 Å². The number of rotatable bonds is 6. The molecule has 2 aromatic rings. The molecule has 1 aromatic heterocycles. The maximum absolute atomic E-state index is 12.8. The van der Waals surface area contributed by atoms with E-state index in [1.54, 1.807) is 35.7 Å². The molecule has 0 atom stereocenters. The van der Waals surface area contributed by atoms with Crippen LogP contribution in [-0.2, 0) is 22.5 Å².